The Morgan fingerprint density at radius 3 is 2.16 bits per heavy atom. The second-order valence-corrected chi connectivity index (χ2v) is 6.70. The summed E-state index contributed by atoms with van der Waals surface area (Å²) < 4.78 is 0. The Bertz CT molecular complexity index is 484. The van der Waals surface area contributed by atoms with Gasteiger partial charge in [-0.05, 0) is 25.0 Å². The van der Waals surface area contributed by atoms with Crippen LogP contribution in [0.1, 0.15) is 56.8 Å². The van der Waals surface area contributed by atoms with Gasteiger partial charge in [0, 0.05) is 16.5 Å². The fourth-order valence-electron chi connectivity index (χ4n) is 1.57. The third-order valence-corrected chi connectivity index (χ3v) is 3.88. The number of aromatic nitrogens is 3. The van der Waals surface area contributed by atoms with Crippen molar-refractivity contribution < 1.29 is 0 Å². The molecule has 0 aliphatic heterocycles. The lowest BCUT2D eigenvalue weighted by molar-refractivity contribution is 0.558. The maximum atomic E-state index is 4.16. The van der Waals surface area contributed by atoms with Gasteiger partial charge in [-0.15, -0.1) is 11.3 Å². The minimum atomic E-state index is 0.119. The molecule has 0 aliphatic rings. The molecule has 2 aromatic rings. The van der Waals surface area contributed by atoms with Crippen LogP contribution in [0.2, 0.25) is 0 Å². The maximum Gasteiger partial charge on any atom is 0.0797 e. The zero-order valence-corrected chi connectivity index (χ0v) is 13.5. The second kappa shape index (κ2) is 6.75. The van der Waals surface area contributed by atoms with E-state index in [1.807, 2.05) is 17.6 Å². The van der Waals surface area contributed by atoms with Gasteiger partial charge in [-0.2, -0.15) is 10.2 Å². The molecule has 0 bridgehead atoms. The summed E-state index contributed by atoms with van der Waals surface area (Å²) in [6, 6.07) is 3.90. The van der Waals surface area contributed by atoms with Gasteiger partial charge in [0.2, 0.25) is 0 Å². The minimum Gasteiger partial charge on any atom is -0.250 e. The Morgan fingerprint density at radius 1 is 1.21 bits per heavy atom. The summed E-state index contributed by atoms with van der Waals surface area (Å²) in [5.41, 5.74) is 4.25. The molecule has 0 aromatic carbocycles. The lowest BCUT2D eigenvalue weighted by atomic mass is 9.92. The lowest BCUT2D eigenvalue weighted by Gasteiger charge is -2.15. The van der Waals surface area contributed by atoms with Crippen LogP contribution in [0.15, 0.2) is 23.8 Å². The number of rotatable bonds is 1. The van der Waals surface area contributed by atoms with Crippen LogP contribution < -0.4 is 0 Å². The zero-order chi connectivity index (χ0) is 14.5. The van der Waals surface area contributed by atoms with Gasteiger partial charge in [-0.3, -0.25) is 0 Å². The summed E-state index contributed by atoms with van der Waals surface area (Å²) in [7, 11) is 0. The van der Waals surface area contributed by atoms with Gasteiger partial charge in [0.05, 0.1) is 16.9 Å². The molecule has 0 radical (unpaired) electrons. The number of aryl methyl sites for hydroxylation is 1. The van der Waals surface area contributed by atoms with Crippen LogP contribution in [0, 0.1) is 6.92 Å². The molecule has 2 heterocycles. The van der Waals surface area contributed by atoms with Crippen molar-refractivity contribution in [2.75, 3.05) is 0 Å². The number of hydrogen-bond donors (Lipinski definition) is 0. The molecule has 0 fully saturated rings. The SMILES string of the molecule is CC(C)(C)c1cccnn1.Cc1ncsc1C(C)C. The van der Waals surface area contributed by atoms with E-state index < -0.39 is 0 Å². The van der Waals surface area contributed by atoms with Crippen LogP contribution >= 0.6 is 11.3 Å². The van der Waals surface area contributed by atoms with Gasteiger partial charge in [0.1, 0.15) is 0 Å². The molecule has 2 aromatic heterocycles. The average molecular weight is 277 g/mol. The predicted molar refractivity (Wildman–Crippen MR) is 81.7 cm³/mol. The van der Waals surface area contributed by atoms with Crippen LogP contribution in [0.4, 0.5) is 0 Å². The fourth-order valence-corrected chi connectivity index (χ4v) is 2.39. The summed E-state index contributed by atoms with van der Waals surface area (Å²) in [6.07, 6.45) is 1.69. The highest BCUT2D eigenvalue weighted by Crippen LogP contribution is 2.21. The molecule has 0 N–H and O–H groups in total. The van der Waals surface area contributed by atoms with Gasteiger partial charge in [0.25, 0.3) is 0 Å². The normalized spacial score (nSPS) is 11.1. The lowest BCUT2D eigenvalue weighted by Crippen LogP contribution is -2.13. The summed E-state index contributed by atoms with van der Waals surface area (Å²) in [6.45, 7) is 12.8. The van der Waals surface area contributed by atoms with Crippen LogP contribution in [0.5, 0.6) is 0 Å². The van der Waals surface area contributed by atoms with Crippen molar-refractivity contribution in [3.63, 3.8) is 0 Å². The smallest absolute Gasteiger partial charge is 0.0797 e. The number of thiazole rings is 1. The van der Waals surface area contributed by atoms with Crippen molar-refractivity contribution in [1.29, 1.82) is 0 Å². The van der Waals surface area contributed by atoms with E-state index in [1.54, 1.807) is 17.5 Å². The van der Waals surface area contributed by atoms with Gasteiger partial charge < -0.3 is 0 Å². The molecule has 0 atom stereocenters. The fraction of sp³-hybridized carbons (Fsp3) is 0.533. The van der Waals surface area contributed by atoms with Gasteiger partial charge in [-0.25, -0.2) is 4.98 Å². The highest BCUT2D eigenvalue weighted by Gasteiger charge is 2.14. The highest BCUT2D eigenvalue weighted by molar-refractivity contribution is 7.09. The van der Waals surface area contributed by atoms with Gasteiger partial charge in [0.15, 0.2) is 0 Å². The van der Waals surface area contributed by atoms with E-state index in [0.29, 0.717) is 5.92 Å². The Hall–Kier alpha value is -1.29. The van der Waals surface area contributed by atoms with E-state index in [2.05, 4.69) is 56.7 Å². The molecule has 0 saturated carbocycles. The molecule has 0 aliphatic carbocycles. The zero-order valence-electron chi connectivity index (χ0n) is 12.6. The predicted octanol–water partition coefficient (Wildman–Crippen LogP) is 4.35. The first-order valence-corrected chi connectivity index (χ1v) is 7.38. The first-order chi connectivity index (χ1) is 8.82. The van der Waals surface area contributed by atoms with Gasteiger partial charge >= 0.3 is 0 Å². The van der Waals surface area contributed by atoms with E-state index in [0.717, 1.165) is 5.69 Å². The largest absolute Gasteiger partial charge is 0.250 e. The molecular weight excluding hydrogens is 254 g/mol. The van der Waals surface area contributed by atoms with Crippen molar-refractivity contribution in [3.05, 3.63) is 40.1 Å². The summed E-state index contributed by atoms with van der Waals surface area (Å²) in [5.74, 6) is 0.637. The van der Waals surface area contributed by atoms with E-state index in [4.69, 9.17) is 0 Å². The monoisotopic (exact) mass is 277 g/mol. The van der Waals surface area contributed by atoms with Crippen molar-refractivity contribution >= 4 is 11.3 Å². The number of hydrogen-bond acceptors (Lipinski definition) is 4. The van der Waals surface area contributed by atoms with E-state index in [9.17, 15) is 0 Å². The minimum absolute atomic E-state index is 0.119. The third kappa shape index (κ3) is 5.07. The molecule has 19 heavy (non-hydrogen) atoms. The van der Waals surface area contributed by atoms with Crippen LogP contribution in [0.3, 0.4) is 0 Å². The standard InChI is InChI=1S/C8H12N2.C7H11NS/c1-8(2,3)7-5-4-6-9-10-7;1-5(2)7-6(3)8-4-9-7/h4-6H,1-3H3;4-5H,1-3H3. The maximum absolute atomic E-state index is 4.16. The summed E-state index contributed by atoms with van der Waals surface area (Å²) in [4.78, 5) is 5.57. The van der Waals surface area contributed by atoms with Crippen LogP contribution in [0.25, 0.3) is 0 Å². The molecule has 2 rings (SSSR count). The van der Waals surface area contributed by atoms with E-state index in [1.165, 1.54) is 10.6 Å². The topological polar surface area (TPSA) is 38.7 Å². The molecule has 104 valence electrons. The highest BCUT2D eigenvalue weighted by atomic mass is 32.1. The first-order valence-electron chi connectivity index (χ1n) is 6.50. The average Bonchev–Trinajstić information content (AvgIpc) is 2.76. The second-order valence-electron chi connectivity index (χ2n) is 5.82. The molecule has 0 spiro atoms. The molecule has 0 unspecified atom stereocenters. The Morgan fingerprint density at radius 2 is 1.89 bits per heavy atom. The van der Waals surface area contributed by atoms with Crippen molar-refractivity contribution in [1.82, 2.24) is 15.2 Å². The summed E-state index contributed by atoms with van der Waals surface area (Å²) in [5, 5.41) is 7.80. The van der Waals surface area contributed by atoms with Crippen molar-refractivity contribution in [2.45, 2.75) is 52.9 Å². The quantitative estimate of drug-likeness (QED) is 0.778. The molecule has 0 amide bonds. The Balaban J connectivity index is 0.000000191. The van der Waals surface area contributed by atoms with E-state index >= 15 is 0 Å². The third-order valence-electron chi connectivity index (χ3n) is 2.65. The van der Waals surface area contributed by atoms with Crippen molar-refractivity contribution in [3.8, 4) is 0 Å². The molecule has 3 nitrogen and oxygen atoms in total. The van der Waals surface area contributed by atoms with E-state index in [-0.39, 0.29) is 5.41 Å². The first kappa shape index (κ1) is 15.8. The summed E-state index contributed by atoms with van der Waals surface area (Å²) >= 11 is 1.75. The molecular formula is C15H23N3S. The van der Waals surface area contributed by atoms with Crippen LogP contribution in [-0.2, 0) is 5.41 Å². The Labute approximate surface area is 120 Å². The number of nitrogens with zero attached hydrogens (tertiary/aromatic N) is 3. The van der Waals surface area contributed by atoms with Crippen molar-refractivity contribution in [2.24, 2.45) is 0 Å². The van der Waals surface area contributed by atoms with Gasteiger partial charge in [-0.1, -0.05) is 34.6 Å². The molecule has 0 saturated heterocycles. The van der Waals surface area contributed by atoms with Crippen LogP contribution in [-0.4, -0.2) is 15.2 Å². The molecule has 4 heteroatoms. The Kier molecular flexibility index (Phi) is 5.60.